The predicted molar refractivity (Wildman–Crippen MR) is 62.9 cm³/mol. The van der Waals surface area contributed by atoms with Crippen LogP contribution >= 0.6 is 0 Å². The van der Waals surface area contributed by atoms with Gasteiger partial charge in [0.25, 0.3) is 0 Å². The minimum atomic E-state index is -0.508. The van der Waals surface area contributed by atoms with Crippen molar-refractivity contribution in [1.82, 2.24) is 4.98 Å². The van der Waals surface area contributed by atoms with Crippen LogP contribution in [0.3, 0.4) is 0 Å². The number of aliphatic hydroxyl groups is 1. The number of anilines is 1. The SMILES string of the molecule is CN(CC1CC(O)C1)c1ccc([N+](=O)[O-])nc1. The van der Waals surface area contributed by atoms with E-state index in [1.54, 1.807) is 6.07 Å². The fourth-order valence-corrected chi connectivity index (χ4v) is 2.05. The van der Waals surface area contributed by atoms with E-state index in [0.717, 1.165) is 25.1 Å². The molecule has 1 aromatic heterocycles. The standard InChI is InChI=1S/C11H15N3O3/c1-13(7-8-4-10(15)5-8)9-2-3-11(12-6-9)14(16)17/h2-3,6,8,10,15H,4-5,7H2,1H3. The van der Waals surface area contributed by atoms with E-state index in [4.69, 9.17) is 0 Å². The van der Waals surface area contributed by atoms with E-state index in [-0.39, 0.29) is 11.9 Å². The maximum absolute atomic E-state index is 10.5. The molecule has 0 radical (unpaired) electrons. The van der Waals surface area contributed by atoms with Gasteiger partial charge in [-0.05, 0) is 34.7 Å². The highest BCUT2D eigenvalue weighted by molar-refractivity contribution is 5.45. The maximum Gasteiger partial charge on any atom is 0.363 e. The van der Waals surface area contributed by atoms with Gasteiger partial charge in [-0.1, -0.05) is 0 Å². The molecule has 1 aromatic rings. The quantitative estimate of drug-likeness (QED) is 0.628. The second-order valence-corrected chi connectivity index (χ2v) is 4.50. The summed E-state index contributed by atoms with van der Waals surface area (Å²) in [5.41, 5.74) is 0.858. The predicted octanol–water partition coefficient (Wildman–Crippen LogP) is 1.20. The summed E-state index contributed by atoms with van der Waals surface area (Å²) in [4.78, 5) is 15.7. The number of rotatable bonds is 4. The number of hydrogen-bond acceptors (Lipinski definition) is 5. The molecule has 0 spiro atoms. The average molecular weight is 237 g/mol. The average Bonchev–Trinajstić information content (AvgIpc) is 2.27. The first kappa shape index (κ1) is 11.8. The van der Waals surface area contributed by atoms with Gasteiger partial charge in [0.1, 0.15) is 0 Å². The molecular formula is C11H15N3O3. The van der Waals surface area contributed by atoms with E-state index in [9.17, 15) is 15.2 Å². The van der Waals surface area contributed by atoms with Gasteiger partial charge in [-0.15, -0.1) is 0 Å². The molecule has 6 heteroatoms. The van der Waals surface area contributed by atoms with Gasteiger partial charge in [-0.3, -0.25) is 0 Å². The molecule has 6 nitrogen and oxygen atoms in total. The second kappa shape index (κ2) is 4.67. The lowest BCUT2D eigenvalue weighted by Crippen LogP contribution is -2.37. The third-order valence-corrected chi connectivity index (χ3v) is 3.10. The Balaban J connectivity index is 1.94. The molecular weight excluding hydrogens is 222 g/mol. The smallest absolute Gasteiger partial charge is 0.363 e. The van der Waals surface area contributed by atoms with Crippen molar-refractivity contribution in [3.63, 3.8) is 0 Å². The summed E-state index contributed by atoms with van der Waals surface area (Å²) >= 11 is 0. The minimum absolute atomic E-state index is 0.138. The van der Waals surface area contributed by atoms with Gasteiger partial charge in [0.15, 0.2) is 6.20 Å². The summed E-state index contributed by atoms with van der Waals surface area (Å²) in [6.45, 7) is 0.844. The van der Waals surface area contributed by atoms with E-state index in [0.29, 0.717) is 5.92 Å². The molecule has 2 rings (SSSR count). The van der Waals surface area contributed by atoms with Crippen LogP contribution < -0.4 is 4.90 Å². The summed E-state index contributed by atoms with van der Waals surface area (Å²) < 4.78 is 0. The Labute approximate surface area is 99.0 Å². The lowest BCUT2D eigenvalue weighted by atomic mass is 9.82. The van der Waals surface area contributed by atoms with Gasteiger partial charge in [-0.25, -0.2) is 0 Å². The van der Waals surface area contributed by atoms with Crippen molar-refractivity contribution in [2.24, 2.45) is 5.92 Å². The zero-order valence-corrected chi connectivity index (χ0v) is 9.61. The Morgan fingerprint density at radius 1 is 1.59 bits per heavy atom. The molecule has 0 bridgehead atoms. The van der Waals surface area contributed by atoms with Crippen LogP contribution in [0.4, 0.5) is 11.5 Å². The fourth-order valence-electron chi connectivity index (χ4n) is 2.05. The highest BCUT2D eigenvalue weighted by Crippen LogP contribution is 2.29. The first-order chi connectivity index (χ1) is 8.06. The Hall–Kier alpha value is -1.69. The van der Waals surface area contributed by atoms with Gasteiger partial charge in [0.2, 0.25) is 0 Å². The first-order valence-electron chi connectivity index (χ1n) is 5.56. The van der Waals surface area contributed by atoms with Crippen LogP contribution in [0.1, 0.15) is 12.8 Å². The number of aliphatic hydroxyl groups excluding tert-OH is 1. The van der Waals surface area contributed by atoms with Gasteiger partial charge in [0, 0.05) is 19.7 Å². The van der Waals surface area contributed by atoms with Crippen LogP contribution in [0.2, 0.25) is 0 Å². The third kappa shape index (κ3) is 2.71. The van der Waals surface area contributed by atoms with Crippen LogP contribution in [0.25, 0.3) is 0 Å². The Bertz CT molecular complexity index is 401. The molecule has 1 fully saturated rings. The lowest BCUT2D eigenvalue weighted by Gasteiger charge is -2.34. The van der Waals surface area contributed by atoms with Crippen molar-refractivity contribution >= 4 is 11.5 Å². The van der Waals surface area contributed by atoms with Crippen LogP contribution in [-0.4, -0.2) is 34.7 Å². The molecule has 0 aliphatic heterocycles. The van der Waals surface area contributed by atoms with Crippen molar-refractivity contribution in [2.75, 3.05) is 18.5 Å². The van der Waals surface area contributed by atoms with Gasteiger partial charge >= 0.3 is 5.82 Å². The van der Waals surface area contributed by atoms with Crippen molar-refractivity contribution < 1.29 is 10.0 Å². The zero-order valence-electron chi connectivity index (χ0n) is 9.61. The molecule has 0 unspecified atom stereocenters. The van der Waals surface area contributed by atoms with Crippen molar-refractivity contribution in [3.05, 3.63) is 28.4 Å². The zero-order chi connectivity index (χ0) is 12.4. The second-order valence-electron chi connectivity index (χ2n) is 4.50. The Morgan fingerprint density at radius 2 is 2.29 bits per heavy atom. The molecule has 0 amide bonds. The summed E-state index contributed by atoms with van der Waals surface area (Å²) in [6.07, 6.45) is 3.03. The lowest BCUT2D eigenvalue weighted by molar-refractivity contribution is -0.389. The molecule has 92 valence electrons. The number of nitro groups is 1. The summed E-state index contributed by atoms with van der Waals surface area (Å²) in [7, 11) is 1.92. The van der Waals surface area contributed by atoms with E-state index in [1.165, 1.54) is 12.3 Å². The fraction of sp³-hybridized carbons (Fsp3) is 0.545. The number of nitrogens with zero attached hydrogens (tertiary/aromatic N) is 3. The van der Waals surface area contributed by atoms with E-state index < -0.39 is 4.92 Å². The van der Waals surface area contributed by atoms with Crippen LogP contribution in [-0.2, 0) is 0 Å². The van der Waals surface area contributed by atoms with Gasteiger partial charge < -0.3 is 20.1 Å². The summed E-state index contributed by atoms with van der Waals surface area (Å²) in [5, 5.41) is 19.6. The molecule has 0 saturated heterocycles. The summed E-state index contributed by atoms with van der Waals surface area (Å²) in [6, 6.07) is 3.10. The molecule has 1 aliphatic carbocycles. The topological polar surface area (TPSA) is 79.5 Å². The number of pyridine rings is 1. The van der Waals surface area contributed by atoms with Crippen molar-refractivity contribution in [2.45, 2.75) is 18.9 Å². The highest BCUT2D eigenvalue weighted by atomic mass is 16.6. The van der Waals surface area contributed by atoms with Gasteiger partial charge in [0.05, 0.1) is 11.8 Å². The molecule has 1 aliphatic rings. The molecule has 0 aromatic carbocycles. The summed E-state index contributed by atoms with van der Waals surface area (Å²) in [5.74, 6) is 0.367. The maximum atomic E-state index is 10.5. The largest absolute Gasteiger partial charge is 0.393 e. The normalized spacial score (nSPS) is 22.9. The molecule has 1 heterocycles. The molecule has 0 atom stereocenters. The van der Waals surface area contributed by atoms with E-state index in [2.05, 4.69) is 4.98 Å². The highest BCUT2D eigenvalue weighted by Gasteiger charge is 2.28. The van der Waals surface area contributed by atoms with Crippen molar-refractivity contribution in [3.8, 4) is 0 Å². The number of hydrogen-bond donors (Lipinski definition) is 1. The van der Waals surface area contributed by atoms with Crippen LogP contribution in [0.5, 0.6) is 0 Å². The molecule has 1 saturated carbocycles. The van der Waals surface area contributed by atoms with Crippen LogP contribution in [0, 0.1) is 16.0 Å². The Kier molecular flexibility index (Phi) is 3.23. The molecule has 17 heavy (non-hydrogen) atoms. The number of aromatic nitrogens is 1. The monoisotopic (exact) mass is 237 g/mol. The molecule has 1 N–H and O–H groups in total. The minimum Gasteiger partial charge on any atom is -0.393 e. The first-order valence-corrected chi connectivity index (χ1v) is 5.56. The van der Waals surface area contributed by atoms with Crippen molar-refractivity contribution in [1.29, 1.82) is 0 Å². The van der Waals surface area contributed by atoms with Crippen LogP contribution in [0.15, 0.2) is 18.3 Å². The third-order valence-electron chi connectivity index (χ3n) is 3.10. The van der Waals surface area contributed by atoms with E-state index in [1.807, 2.05) is 11.9 Å². The van der Waals surface area contributed by atoms with E-state index >= 15 is 0 Å². The Morgan fingerprint density at radius 3 is 2.76 bits per heavy atom. The van der Waals surface area contributed by atoms with Gasteiger partial charge in [-0.2, -0.15) is 0 Å².